The van der Waals surface area contributed by atoms with Crippen molar-refractivity contribution in [2.24, 2.45) is 0 Å². The zero-order chi connectivity index (χ0) is 16.8. The van der Waals surface area contributed by atoms with Crippen molar-refractivity contribution >= 4 is 21.9 Å². The van der Waals surface area contributed by atoms with Crippen molar-refractivity contribution in [3.05, 3.63) is 47.5 Å². The van der Waals surface area contributed by atoms with Crippen LogP contribution in [0.2, 0.25) is 0 Å². The fraction of sp³-hybridized carbons (Fsp3) is 0.300. The Labute approximate surface area is 145 Å². The number of rotatable bonds is 2. The van der Waals surface area contributed by atoms with Gasteiger partial charge in [0.25, 0.3) is 0 Å². The third-order valence-electron chi connectivity index (χ3n) is 5.50. The fourth-order valence-electron chi connectivity index (χ4n) is 4.04. The van der Waals surface area contributed by atoms with Crippen LogP contribution in [0.3, 0.4) is 0 Å². The van der Waals surface area contributed by atoms with Crippen LogP contribution >= 0.6 is 0 Å². The Hall–Kier alpha value is -2.66. The quantitative estimate of drug-likeness (QED) is 0.522. The molecule has 4 aromatic rings. The monoisotopic (exact) mass is 331 g/mol. The highest BCUT2D eigenvalue weighted by atomic mass is 15.3. The third-order valence-corrected chi connectivity index (χ3v) is 5.50. The molecule has 25 heavy (non-hydrogen) atoms. The standard InChI is InChI=1S/C20H21N5/c1-12-16-10-14(13-6-8-21-9-7-13)2-4-17(16)22-20(12)15-3-5-18-19(11-15)24-25-23-18/h2-5,10-11,13,21-22H,6-9H2,1H3,(H,23,24,25). The number of nitrogens with one attached hydrogen (secondary N) is 3. The number of aryl methyl sites for hydroxylation is 1. The number of fused-ring (bicyclic) bond motifs is 2. The molecule has 0 radical (unpaired) electrons. The lowest BCUT2D eigenvalue weighted by Crippen LogP contribution is -2.26. The van der Waals surface area contributed by atoms with Crippen molar-refractivity contribution in [3.8, 4) is 11.3 Å². The van der Waals surface area contributed by atoms with Crippen molar-refractivity contribution in [1.82, 2.24) is 25.7 Å². The largest absolute Gasteiger partial charge is 0.354 e. The summed E-state index contributed by atoms with van der Waals surface area (Å²) in [7, 11) is 0. The zero-order valence-corrected chi connectivity index (χ0v) is 14.3. The SMILES string of the molecule is Cc1c(-c2ccc3n[nH]nc3c2)[nH]c2ccc(C3CCNCC3)cc12. The van der Waals surface area contributed by atoms with Gasteiger partial charge in [-0.2, -0.15) is 15.4 Å². The van der Waals surface area contributed by atoms with Gasteiger partial charge in [-0.1, -0.05) is 12.1 Å². The second-order valence-corrected chi connectivity index (χ2v) is 6.98. The summed E-state index contributed by atoms with van der Waals surface area (Å²) in [6.45, 7) is 4.45. The van der Waals surface area contributed by atoms with Crippen molar-refractivity contribution < 1.29 is 0 Å². The first kappa shape index (κ1) is 14.7. The fourth-order valence-corrected chi connectivity index (χ4v) is 4.04. The molecule has 5 heteroatoms. The molecule has 5 nitrogen and oxygen atoms in total. The molecular weight excluding hydrogens is 310 g/mol. The summed E-state index contributed by atoms with van der Waals surface area (Å²) in [6.07, 6.45) is 2.45. The van der Waals surface area contributed by atoms with E-state index in [2.05, 4.69) is 63.0 Å². The molecule has 0 aliphatic carbocycles. The zero-order valence-electron chi connectivity index (χ0n) is 14.3. The maximum absolute atomic E-state index is 4.21. The van der Waals surface area contributed by atoms with E-state index >= 15 is 0 Å². The second kappa shape index (κ2) is 5.70. The molecule has 1 saturated heterocycles. The van der Waals surface area contributed by atoms with E-state index in [4.69, 9.17) is 0 Å². The summed E-state index contributed by atoms with van der Waals surface area (Å²) >= 11 is 0. The summed E-state index contributed by atoms with van der Waals surface area (Å²) in [4.78, 5) is 3.60. The lowest BCUT2D eigenvalue weighted by molar-refractivity contribution is 0.460. The number of benzene rings is 2. The van der Waals surface area contributed by atoms with E-state index in [1.54, 1.807) is 0 Å². The van der Waals surface area contributed by atoms with E-state index in [1.165, 1.54) is 40.6 Å². The summed E-state index contributed by atoms with van der Waals surface area (Å²) in [5, 5.41) is 15.8. The molecule has 3 heterocycles. The molecular formula is C20H21N5. The van der Waals surface area contributed by atoms with E-state index in [9.17, 15) is 0 Å². The van der Waals surface area contributed by atoms with Crippen LogP contribution in [-0.4, -0.2) is 33.5 Å². The van der Waals surface area contributed by atoms with Crippen LogP contribution in [0.1, 0.15) is 29.9 Å². The maximum atomic E-state index is 4.21. The Morgan fingerprint density at radius 2 is 1.80 bits per heavy atom. The minimum Gasteiger partial charge on any atom is -0.354 e. The predicted octanol–water partition coefficient (Wildman–Crippen LogP) is 3.88. The molecule has 0 atom stereocenters. The number of aromatic amines is 2. The summed E-state index contributed by atoms with van der Waals surface area (Å²) in [5.41, 5.74) is 8.08. The average molecular weight is 331 g/mol. The Kier molecular flexibility index (Phi) is 3.35. The molecule has 1 aliphatic rings. The van der Waals surface area contributed by atoms with Gasteiger partial charge in [0.1, 0.15) is 11.0 Å². The molecule has 3 N–H and O–H groups in total. The lowest BCUT2D eigenvalue weighted by Gasteiger charge is -2.23. The first-order valence-electron chi connectivity index (χ1n) is 8.93. The van der Waals surface area contributed by atoms with Crippen molar-refractivity contribution in [1.29, 1.82) is 0 Å². The molecule has 0 unspecified atom stereocenters. The highest BCUT2D eigenvalue weighted by molar-refractivity contribution is 5.92. The Morgan fingerprint density at radius 1 is 0.960 bits per heavy atom. The molecule has 5 rings (SSSR count). The summed E-state index contributed by atoms with van der Waals surface area (Å²) in [6, 6.07) is 13.1. The van der Waals surface area contributed by atoms with Gasteiger partial charge in [-0.3, -0.25) is 0 Å². The molecule has 1 fully saturated rings. The first-order valence-corrected chi connectivity index (χ1v) is 8.93. The van der Waals surface area contributed by atoms with Gasteiger partial charge in [0.15, 0.2) is 0 Å². The highest BCUT2D eigenvalue weighted by Crippen LogP contribution is 2.34. The number of aromatic nitrogens is 4. The van der Waals surface area contributed by atoms with Crippen LogP contribution in [0.4, 0.5) is 0 Å². The number of H-pyrrole nitrogens is 2. The van der Waals surface area contributed by atoms with Gasteiger partial charge in [0.05, 0.1) is 0 Å². The number of piperidine rings is 1. The van der Waals surface area contributed by atoms with Gasteiger partial charge in [0.2, 0.25) is 0 Å². The maximum Gasteiger partial charge on any atom is 0.113 e. The average Bonchev–Trinajstić information content (AvgIpc) is 3.26. The van der Waals surface area contributed by atoms with Crippen molar-refractivity contribution in [2.75, 3.05) is 13.1 Å². The minimum atomic E-state index is 0.676. The predicted molar refractivity (Wildman–Crippen MR) is 101 cm³/mol. The Balaban J connectivity index is 1.60. The molecule has 0 bridgehead atoms. The van der Waals surface area contributed by atoms with E-state index < -0.39 is 0 Å². The van der Waals surface area contributed by atoms with Crippen LogP contribution in [0, 0.1) is 6.92 Å². The smallest absolute Gasteiger partial charge is 0.113 e. The summed E-state index contributed by atoms with van der Waals surface area (Å²) < 4.78 is 0. The van der Waals surface area contributed by atoms with Crippen LogP contribution in [0.5, 0.6) is 0 Å². The number of hydrogen-bond donors (Lipinski definition) is 3. The third kappa shape index (κ3) is 2.43. The van der Waals surface area contributed by atoms with Gasteiger partial charge in [0, 0.05) is 22.2 Å². The van der Waals surface area contributed by atoms with E-state index in [1.807, 2.05) is 6.07 Å². The van der Waals surface area contributed by atoms with Crippen LogP contribution in [0.25, 0.3) is 33.2 Å². The topological polar surface area (TPSA) is 69.4 Å². The van der Waals surface area contributed by atoms with Gasteiger partial charge in [-0.15, -0.1) is 0 Å². The molecule has 0 saturated carbocycles. The van der Waals surface area contributed by atoms with Gasteiger partial charge < -0.3 is 10.3 Å². The second-order valence-electron chi connectivity index (χ2n) is 6.98. The molecule has 1 aliphatic heterocycles. The van der Waals surface area contributed by atoms with Crippen LogP contribution in [-0.2, 0) is 0 Å². The van der Waals surface area contributed by atoms with Crippen molar-refractivity contribution in [3.63, 3.8) is 0 Å². The van der Waals surface area contributed by atoms with Gasteiger partial charge >= 0.3 is 0 Å². The van der Waals surface area contributed by atoms with Crippen molar-refractivity contribution in [2.45, 2.75) is 25.7 Å². The van der Waals surface area contributed by atoms with E-state index in [-0.39, 0.29) is 0 Å². The summed E-state index contributed by atoms with van der Waals surface area (Å²) in [5.74, 6) is 0.676. The molecule has 2 aromatic carbocycles. The Morgan fingerprint density at radius 3 is 2.68 bits per heavy atom. The highest BCUT2D eigenvalue weighted by Gasteiger charge is 2.17. The number of nitrogens with zero attached hydrogens (tertiary/aromatic N) is 2. The molecule has 126 valence electrons. The van der Waals surface area contributed by atoms with E-state index in [0.717, 1.165) is 29.7 Å². The minimum absolute atomic E-state index is 0.676. The van der Waals surface area contributed by atoms with Gasteiger partial charge in [-0.05, 0) is 74.2 Å². The normalized spacial score (nSPS) is 16.0. The molecule has 0 spiro atoms. The number of hydrogen-bond acceptors (Lipinski definition) is 3. The first-order chi connectivity index (χ1) is 12.3. The molecule has 2 aromatic heterocycles. The Bertz CT molecular complexity index is 1050. The van der Waals surface area contributed by atoms with E-state index in [0.29, 0.717) is 5.92 Å². The molecule has 0 amide bonds. The van der Waals surface area contributed by atoms with Gasteiger partial charge in [-0.25, -0.2) is 0 Å². The van der Waals surface area contributed by atoms with Crippen LogP contribution < -0.4 is 5.32 Å². The van der Waals surface area contributed by atoms with Crippen LogP contribution in [0.15, 0.2) is 36.4 Å². The lowest BCUT2D eigenvalue weighted by atomic mass is 9.89.